The minimum atomic E-state index is -0.592. The highest BCUT2D eigenvalue weighted by Gasteiger charge is 2.19. The van der Waals surface area contributed by atoms with E-state index in [9.17, 15) is 18.8 Å². The molecule has 0 aliphatic rings. The minimum Gasteiger partial charge on any atom is -0.496 e. The van der Waals surface area contributed by atoms with Gasteiger partial charge in [-0.05, 0) is 73.7 Å². The Bertz CT molecular complexity index is 1750. The van der Waals surface area contributed by atoms with E-state index in [4.69, 9.17) is 14.2 Å². The zero-order valence-corrected chi connectivity index (χ0v) is 27.8. The second kappa shape index (κ2) is 16.0. The van der Waals surface area contributed by atoms with Crippen LogP contribution in [0.25, 0.3) is 6.08 Å². The first-order chi connectivity index (χ1) is 22.1. The maximum atomic E-state index is 14.2. The predicted molar refractivity (Wildman–Crippen MR) is 181 cm³/mol. The lowest BCUT2D eigenvalue weighted by Crippen LogP contribution is -2.30. The molecule has 0 heterocycles. The summed E-state index contributed by atoms with van der Waals surface area (Å²) >= 11 is 4.47. The van der Waals surface area contributed by atoms with E-state index >= 15 is 0 Å². The number of anilines is 2. The number of ether oxygens (including phenoxy) is 3. The summed E-state index contributed by atoms with van der Waals surface area (Å²) in [6.07, 6.45) is 1.48. The number of rotatable bonds is 12. The number of halogens is 2. The average Bonchev–Trinajstić information content (AvgIpc) is 3.06. The fourth-order valence-corrected chi connectivity index (χ4v) is 5.36. The van der Waals surface area contributed by atoms with Crippen molar-refractivity contribution in [2.45, 2.75) is 17.1 Å². The highest BCUT2D eigenvalue weighted by molar-refractivity contribution is 9.10. The molecule has 0 saturated carbocycles. The van der Waals surface area contributed by atoms with Crippen molar-refractivity contribution >= 4 is 62.9 Å². The van der Waals surface area contributed by atoms with Gasteiger partial charge < -0.3 is 30.2 Å². The van der Waals surface area contributed by atoms with Crippen LogP contribution in [-0.2, 0) is 9.59 Å². The zero-order chi connectivity index (χ0) is 33.2. The molecule has 3 N–H and O–H groups in total. The first-order valence-electron chi connectivity index (χ1n) is 13.8. The summed E-state index contributed by atoms with van der Waals surface area (Å²) in [6.45, 7) is 1.71. The molecule has 4 aromatic carbocycles. The van der Waals surface area contributed by atoms with Gasteiger partial charge >= 0.3 is 0 Å². The van der Waals surface area contributed by atoms with Gasteiger partial charge in [0.05, 0.1) is 32.3 Å². The van der Waals surface area contributed by atoms with Crippen LogP contribution in [0.4, 0.5) is 15.8 Å². The van der Waals surface area contributed by atoms with Gasteiger partial charge in [-0.15, -0.1) is 11.8 Å². The lowest BCUT2D eigenvalue weighted by atomic mass is 10.1. The molecule has 1 atom stereocenters. The van der Waals surface area contributed by atoms with E-state index in [1.54, 1.807) is 79.7 Å². The third-order valence-electron chi connectivity index (χ3n) is 6.55. The maximum Gasteiger partial charge on any atom is 0.272 e. The lowest BCUT2D eigenvalue weighted by molar-refractivity contribution is -0.115. The fraction of sp³-hybridized carbons (Fsp3) is 0.147. The van der Waals surface area contributed by atoms with Gasteiger partial charge in [-0.3, -0.25) is 14.4 Å². The number of amides is 3. The van der Waals surface area contributed by atoms with Crippen molar-refractivity contribution in [2.24, 2.45) is 0 Å². The largest absolute Gasteiger partial charge is 0.496 e. The SMILES string of the molecule is COc1cc(OC)c(OC)cc1/C=C(\NC(=O)c1ccccc1)C(=O)Nc1ccc(SC(C)C(=O)Nc2ccc(Br)cc2F)cc1. The summed E-state index contributed by atoms with van der Waals surface area (Å²) in [4.78, 5) is 40.0. The molecule has 0 fully saturated rings. The monoisotopic (exact) mass is 707 g/mol. The number of methoxy groups -OCH3 is 3. The van der Waals surface area contributed by atoms with Gasteiger partial charge in [0.25, 0.3) is 11.8 Å². The number of nitrogens with one attached hydrogen (secondary N) is 3. The van der Waals surface area contributed by atoms with Crippen LogP contribution in [0.2, 0.25) is 0 Å². The third-order valence-corrected chi connectivity index (χ3v) is 8.15. The Hall–Kier alpha value is -4.81. The van der Waals surface area contributed by atoms with Crippen molar-refractivity contribution < 1.29 is 33.0 Å². The summed E-state index contributed by atoms with van der Waals surface area (Å²) in [6, 6.07) is 23.0. The Morgan fingerprint density at radius 3 is 2.11 bits per heavy atom. The molecule has 4 rings (SSSR count). The molecule has 1 unspecified atom stereocenters. The van der Waals surface area contributed by atoms with Crippen LogP contribution in [0.15, 0.2) is 100.0 Å². The molecule has 9 nitrogen and oxygen atoms in total. The van der Waals surface area contributed by atoms with Gasteiger partial charge in [0.15, 0.2) is 11.5 Å². The molecule has 0 spiro atoms. The number of hydrogen-bond donors (Lipinski definition) is 3. The zero-order valence-electron chi connectivity index (χ0n) is 25.4. The highest BCUT2D eigenvalue weighted by atomic mass is 79.9. The van der Waals surface area contributed by atoms with Crippen molar-refractivity contribution in [3.63, 3.8) is 0 Å². The molecule has 12 heteroatoms. The molecule has 3 amide bonds. The van der Waals surface area contributed by atoms with E-state index in [1.807, 2.05) is 0 Å². The highest BCUT2D eigenvalue weighted by Crippen LogP contribution is 2.36. The molecule has 4 aromatic rings. The Morgan fingerprint density at radius 1 is 0.826 bits per heavy atom. The molecular weight excluding hydrogens is 677 g/mol. The van der Waals surface area contributed by atoms with Crippen LogP contribution in [0, 0.1) is 5.82 Å². The van der Waals surface area contributed by atoms with E-state index in [0.717, 1.165) is 4.90 Å². The van der Waals surface area contributed by atoms with Crippen LogP contribution >= 0.6 is 27.7 Å². The van der Waals surface area contributed by atoms with Crippen LogP contribution in [0.5, 0.6) is 17.2 Å². The van der Waals surface area contributed by atoms with Crippen molar-refractivity contribution in [3.8, 4) is 17.2 Å². The molecule has 0 aliphatic carbocycles. The molecule has 238 valence electrons. The number of carbonyl (C=O) groups excluding carboxylic acids is 3. The lowest BCUT2D eigenvalue weighted by Gasteiger charge is -2.15. The van der Waals surface area contributed by atoms with Gasteiger partial charge in [-0.1, -0.05) is 34.1 Å². The number of carbonyl (C=O) groups is 3. The van der Waals surface area contributed by atoms with Gasteiger partial charge in [-0.25, -0.2) is 4.39 Å². The Balaban J connectivity index is 1.52. The standard InChI is InChI=1S/C34H31BrFN3O6S/c1-20(32(40)38-27-15-10-23(35)18-26(27)36)46-25-13-11-24(12-14-25)37-34(42)28(39-33(41)21-8-6-5-7-9-21)16-22-17-30(44-3)31(45-4)19-29(22)43-2/h5-20H,1-4H3,(H,37,42)(H,38,40)(H,39,41)/b28-16-. The van der Waals surface area contributed by atoms with E-state index < -0.39 is 22.9 Å². The summed E-state index contributed by atoms with van der Waals surface area (Å²) in [5.41, 5.74) is 1.31. The first kappa shape index (κ1) is 34.1. The number of benzene rings is 4. The van der Waals surface area contributed by atoms with Crippen LogP contribution in [0.3, 0.4) is 0 Å². The normalized spacial score (nSPS) is 11.7. The number of hydrogen-bond acceptors (Lipinski definition) is 7. The summed E-state index contributed by atoms with van der Waals surface area (Å²) in [5, 5.41) is 7.56. The molecular formula is C34H31BrFN3O6S. The predicted octanol–water partition coefficient (Wildman–Crippen LogP) is 7.14. The van der Waals surface area contributed by atoms with Gasteiger partial charge in [0.2, 0.25) is 5.91 Å². The Kier molecular flexibility index (Phi) is 11.8. The second-order valence-electron chi connectivity index (χ2n) is 9.68. The molecule has 0 bridgehead atoms. The quantitative estimate of drug-likeness (QED) is 0.106. The van der Waals surface area contributed by atoms with E-state index in [2.05, 4.69) is 31.9 Å². The van der Waals surface area contributed by atoms with Crippen molar-refractivity contribution in [3.05, 3.63) is 112 Å². The average molecular weight is 709 g/mol. The van der Waals surface area contributed by atoms with Gasteiger partial charge in [-0.2, -0.15) is 0 Å². The Labute approximate surface area is 278 Å². The van der Waals surface area contributed by atoms with Crippen molar-refractivity contribution in [2.75, 3.05) is 32.0 Å². The van der Waals surface area contributed by atoms with Crippen LogP contribution in [-0.4, -0.2) is 44.3 Å². The van der Waals surface area contributed by atoms with Gasteiger partial charge in [0.1, 0.15) is 17.3 Å². The van der Waals surface area contributed by atoms with Crippen molar-refractivity contribution in [1.82, 2.24) is 5.32 Å². The summed E-state index contributed by atoms with van der Waals surface area (Å²) in [7, 11) is 4.46. The first-order valence-corrected chi connectivity index (χ1v) is 15.5. The summed E-state index contributed by atoms with van der Waals surface area (Å²) < 4.78 is 31.0. The molecule has 46 heavy (non-hydrogen) atoms. The Morgan fingerprint density at radius 2 is 1.48 bits per heavy atom. The van der Waals surface area contributed by atoms with Crippen LogP contribution < -0.4 is 30.2 Å². The minimum absolute atomic E-state index is 0.0525. The molecule has 0 aliphatic heterocycles. The van der Waals surface area contributed by atoms with Gasteiger partial charge in [0, 0.05) is 32.2 Å². The van der Waals surface area contributed by atoms with E-state index in [1.165, 1.54) is 51.3 Å². The van der Waals surface area contributed by atoms with E-state index in [-0.39, 0.29) is 17.3 Å². The molecule has 0 saturated heterocycles. The molecule has 0 radical (unpaired) electrons. The summed E-state index contributed by atoms with van der Waals surface area (Å²) in [5.74, 6) is -0.757. The van der Waals surface area contributed by atoms with Crippen molar-refractivity contribution in [1.29, 1.82) is 0 Å². The van der Waals surface area contributed by atoms with Crippen LogP contribution in [0.1, 0.15) is 22.8 Å². The van der Waals surface area contributed by atoms with E-state index in [0.29, 0.717) is 38.5 Å². The third kappa shape index (κ3) is 8.89. The maximum absolute atomic E-state index is 14.2. The molecule has 0 aromatic heterocycles. The fourth-order valence-electron chi connectivity index (χ4n) is 4.16. The topological polar surface area (TPSA) is 115 Å². The smallest absolute Gasteiger partial charge is 0.272 e. The second-order valence-corrected chi connectivity index (χ2v) is 12.0. The number of thioether (sulfide) groups is 1.